The van der Waals surface area contributed by atoms with Crippen LogP contribution in [0.4, 0.5) is 0 Å². The number of hydrogen-bond donors (Lipinski definition) is 0. The maximum absolute atomic E-state index is 4.26. The van der Waals surface area contributed by atoms with Crippen LogP contribution in [0.5, 0.6) is 0 Å². The van der Waals surface area contributed by atoms with Gasteiger partial charge in [-0.25, -0.2) is 0 Å². The summed E-state index contributed by atoms with van der Waals surface area (Å²) in [6.07, 6.45) is 0. The number of hydrogen-bond acceptors (Lipinski definition) is 1. The molecule has 0 unspecified atom stereocenters. The average molecular weight is 189 g/mol. The Labute approximate surface area is 59.5 Å². The third kappa shape index (κ3) is 30.8. The van der Waals surface area contributed by atoms with Gasteiger partial charge in [0.15, 0.2) is 0 Å². The van der Waals surface area contributed by atoms with E-state index >= 15 is 0 Å². The van der Waals surface area contributed by atoms with E-state index < -0.39 is 0 Å². The first kappa shape index (κ1) is 16.1. The van der Waals surface area contributed by atoms with Crippen molar-refractivity contribution in [2.24, 2.45) is 0 Å². The molecule has 5 heavy (non-hydrogen) atoms. The molecule has 0 amide bonds. The van der Waals surface area contributed by atoms with E-state index in [0.717, 1.165) is 0 Å². The van der Waals surface area contributed by atoms with E-state index in [1.807, 2.05) is 0 Å². The van der Waals surface area contributed by atoms with E-state index in [1.165, 1.54) is 0 Å². The molecule has 0 aliphatic carbocycles. The second-order valence-electron chi connectivity index (χ2n) is 0.0583. The van der Waals surface area contributed by atoms with Gasteiger partial charge in [-0.1, -0.05) is 0 Å². The summed E-state index contributed by atoms with van der Waals surface area (Å²) in [7, 11) is 0. The van der Waals surface area contributed by atoms with Gasteiger partial charge in [-0.3, -0.25) is 0 Å². The Hall–Kier alpha value is 1.45. The summed E-state index contributed by atoms with van der Waals surface area (Å²) in [4.78, 5) is 0. The average Bonchev–Trinajstić information content (AvgIpc) is 0.918. The van der Waals surface area contributed by atoms with Gasteiger partial charge >= 0.3 is 0 Å². The number of halogens is 3. The van der Waals surface area contributed by atoms with Crippen LogP contribution in [0.25, 0.3) is 0 Å². The molecule has 0 fully saturated rings. The summed E-state index contributed by atoms with van der Waals surface area (Å²) >= 11 is 8.53. The molecular formula is HCl3OZn. The van der Waals surface area contributed by atoms with Crippen molar-refractivity contribution in [3.8, 4) is 0 Å². The molecule has 0 aromatic heterocycles. The van der Waals surface area contributed by atoms with E-state index in [9.17, 15) is 0 Å². The second kappa shape index (κ2) is 18.0. The van der Waals surface area contributed by atoms with Gasteiger partial charge in [-0.2, -0.15) is 3.84 Å². The van der Waals surface area contributed by atoms with Crippen molar-refractivity contribution in [1.82, 2.24) is 0 Å². The first-order chi connectivity index (χ1) is 1.41. The minimum Gasteiger partial charge on any atom is -0.166 e. The third-order valence-electron chi connectivity index (χ3n) is 0. The zero-order valence-corrected chi connectivity index (χ0v) is 7.58. The Balaban J connectivity index is -0.0000000200. The van der Waals surface area contributed by atoms with Crippen LogP contribution in [0.1, 0.15) is 0 Å². The number of rotatable bonds is 0. The Morgan fingerprint density at radius 2 is 1.20 bits per heavy atom. The van der Waals surface area contributed by atoms with Gasteiger partial charge in [0.1, 0.15) is 0 Å². The van der Waals surface area contributed by atoms with E-state index in [1.54, 1.807) is 0 Å². The monoisotopic (exact) mass is 186 g/mol. The zero-order chi connectivity index (χ0) is 2.71. The fourth-order valence-electron chi connectivity index (χ4n) is 0. The summed E-state index contributed by atoms with van der Waals surface area (Å²) in [5, 5.41) is 0. The fraction of sp³-hybridized carbons (Fsp3) is 0. The molecule has 0 aromatic rings. The summed E-state index contributed by atoms with van der Waals surface area (Å²) in [6.45, 7) is 0. The van der Waals surface area contributed by atoms with Gasteiger partial charge in [0.2, 0.25) is 0 Å². The second-order valence-corrected chi connectivity index (χ2v) is 0.525. The molecule has 0 bridgehead atoms. The molecule has 0 N–H and O–H groups in total. The van der Waals surface area contributed by atoms with Crippen molar-refractivity contribution in [3.63, 3.8) is 0 Å². The molecule has 30 valence electrons. The molecule has 0 atom stereocenters. The van der Waals surface area contributed by atoms with Crippen LogP contribution < -0.4 is 0 Å². The van der Waals surface area contributed by atoms with Crippen LogP contribution in [-0.2, 0) is 23.3 Å². The molecule has 1 nitrogen and oxygen atoms in total. The van der Waals surface area contributed by atoms with Crippen LogP contribution in [0, 0.1) is 0 Å². The minimum atomic E-state index is 0. The van der Waals surface area contributed by atoms with Gasteiger partial charge in [0.05, 0.1) is 23.7 Å². The van der Waals surface area contributed by atoms with Crippen molar-refractivity contribution in [2.45, 2.75) is 0 Å². The quantitative estimate of drug-likeness (QED) is 0.527. The standard InChI is InChI=1S/Cl2O.ClH.Zn/c1-3-2;;/h;1H;. The Bertz CT molecular complexity index is 6.85. The van der Waals surface area contributed by atoms with Gasteiger partial charge in [0, 0.05) is 19.5 Å². The Kier molecular flexibility index (Phi) is 57.8. The van der Waals surface area contributed by atoms with Crippen molar-refractivity contribution in [1.29, 1.82) is 0 Å². The van der Waals surface area contributed by atoms with Crippen molar-refractivity contribution in [2.75, 3.05) is 0 Å². The van der Waals surface area contributed by atoms with E-state index in [2.05, 4.69) is 27.6 Å². The minimum absolute atomic E-state index is 0. The van der Waals surface area contributed by atoms with Crippen molar-refractivity contribution >= 4 is 36.1 Å². The third-order valence-corrected chi connectivity index (χ3v) is 0. The molecule has 0 saturated heterocycles. The predicted molar refractivity (Wildman–Crippen MR) is 20.0 cm³/mol. The van der Waals surface area contributed by atoms with Gasteiger partial charge < -0.3 is 0 Å². The summed E-state index contributed by atoms with van der Waals surface area (Å²) in [6, 6.07) is 0. The molecule has 0 radical (unpaired) electrons. The SMILES string of the molecule is Cl.ClOCl.[Zn]. The molecule has 0 aliphatic rings. The van der Waals surface area contributed by atoms with Crippen LogP contribution in [0.3, 0.4) is 0 Å². The van der Waals surface area contributed by atoms with Crippen molar-refractivity contribution in [3.05, 3.63) is 0 Å². The van der Waals surface area contributed by atoms with Crippen LogP contribution in [0.15, 0.2) is 0 Å². The van der Waals surface area contributed by atoms with E-state index in [-0.39, 0.29) is 31.9 Å². The van der Waals surface area contributed by atoms with Gasteiger partial charge in [-0.05, 0) is 0 Å². The predicted octanol–water partition coefficient (Wildman–Crippen LogP) is 1.73. The Morgan fingerprint density at radius 3 is 1.20 bits per heavy atom. The maximum atomic E-state index is 4.26. The smallest absolute Gasteiger partial charge is 0.0832 e. The molecule has 5 heteroatoms. The molecular weight excluding hydrogens is 188 g/mol. The largest absolute Gasteiger partial charge is 0.166 e. The molecule has 0 saturated carbocycles. The first-order valence-corrected chi connectivity index (χ1v) is 0.926. The summed E-state index contributed by atoms with van der Waals surface area (Å²) in [5.41, 5.74) is 0. The van der Waals surface area contributed by atoms with Crippen LogP contribution in [0.2, 0.25) is 0 Å². The van der Waals surface area contributed by atoms with Gasteiger partial charge in [-0.15, -0.1) is 12.4 Å². The summed E-state index contributed by atoms with van der Waals surface area (Å²) < 4.78 is 3.19. The fourth-order valence-corrected chi connectivity index (χ4v) is 0. The topological polar surface area (TPSA) is 9.23 Å². The van der Waals surface area contributed by atoms with E-state index in [4.69, 9.17) is 0 Å². The zero-order valence-electron chi connectivity index (χ0n) is 2.28. The molecule has 0 aliphatic heterocycles. The van der Waals surface area contributed by atoms with Crippen LogP contribution in [-0.4, -0.2) is 0 Å². The van der Waals surface area contributed by atoms with E-state index in [0.29, 0.717) is 0 Å². The first-order valence-electron chi connectivity index (χ1n) is 0.309. The van der Waals surface area contributed by atoms with Gasteiger partial charge in [0.25, 0.3) is 0 Å². The molecule has 0 rings (SSSR count). The Morgan fingerprint density at radius 1 is 1.20 bits per heavy atom. The normalized spacial score (nSPS) is 3.60. The van der Waals surface area contributed by atoms with Crippen molar-refractivity contribution < 1.29 is 23.3 Å². The summed E-state index contributed by atoms with van der Waals surface area (Å²) in [5.74, 6) is 0. The molecule has 0 aromatic carbocycles. The maximum Gasteiger partial charge on any atom is 0.0832 e. The molecule has 0 spiro atoms. The molecule has 0 heterocycles. The van der Waals surface area contributed by atoms with Crippen LogP contribution >= 0.6 is 36.1 Å².